The Hall–Kier alpha value is -6.31. The molecule has 42 heavy (non-hydrogen) atoms. The normalized spacial score (nSPS) is 10.8. The molecule has 2 aromatic heterocycles. The van der Waals surface area contributed by atoms with Crippen LogP contribution in [0.1, 0.15) is 16.1 Å². The molecule has 0 bridgehead atoms. The highest BCUT2D eigenvalue weighted by molar-refractivity contribution is 5.88. The molecule has 0 spiro atoms. The smallest absolute Gasteiger partial charge is 0.335 e. The van der Waals surface area contributed by atoms with Gasteiger partial charge in [-0.1, -0.05) is 12.1 Å². The zero-order chi connectivity index (χ0) is 29.5. The van der Waals surface area contributed by atoms with E-state index >= 15 is 0 Å². The van der Waals surface area contributed by atoms with Gasteiger partial charge in [0.05, 0.1) is 23.8 Å². The number of nitrogens with zero attached hydrogens (tertiary/aromatic N) is 5. The number of carboxylic acids is 1. The molecule has 5 rings (SSSR count). The van der Waals surface area contributed by atoms with Crippen molar-refractivity contribution in [1.29, 1.82) is 0 Å². The number of non-ortho nitro benzene ring substituents is 1. The second-order valence-corrected chi connectivity index (χ2v) is 8.54. The van der Waals surface area contributed by atoms with Gasteiger partial charge in [0.25, 0.3) is 5.69 Å². The maximum Gasteiger partial charge on any atom is 0.335 e. The third kappa shape index (κ3) is 6.81. The highest BCUT2D eigenvalue weighted by atomic mass is 16.6. The van der Waals surface area contributed by atoms with Crippen molar-refractivity contribution in [2.24, 2.45) is 5.10 Å². The van der Waals surface area contributed by atoms with E-state index in [0.717, 1.165) is 0 Å². The number of rotatable bonds is 11. The second kappa shape index (κ2) is 12.3. The number of hydrogen-bond donors (Lipinski definition) is 4. The van der Waals surface area contributed by atoms with Crippen molar-refractivity contribution in [3.8, 4) is 17.1 Å². The molecule has 0 aliphatic carbocycles. The maximum absolute atomic E-state index is 11.1. The van der Waals surface area contributed by atoms with Gasteiger partial charge >= 0.3 is 5.97 Å². The second-order valence-electron chi connectivity index (χ2n) is 8.54. The summed E-state index contributed by atoms with van der Waals surface area (Å²) >= 11 is 0. The zero-order valence-corrected chi connectivity index (χ0v) is 21.9. The molecule has 0 unspecified atom stereocenters. The molecule has 2 heterocycles. The number of nitrogens with one attached hydrogen (secondary N) is 3. The van der Waals surface area contributed by atoms with E-state index in [9.17, 15) is 14.9 Å². The number of hydrazone groups is 1. The monoisotopic (exact) mass is 566 g/mol. The first kappa shape index (κ1) is 27.3. The fourth-order valence-electron chi connectivity index (χ4n) is 3.64. The highest BCUT2D eigenvalue weighted by Gasteiger charge is 2.10. The third-order valence-corrected chi connectivity index (χ3v) is 5.72. The van der Waals surface area contributed by atoms with Gasteiger partial charge in [-0.15, -0.1) is 0 Å². The quantitative estimate of drug-likeness (QED) is 0.0870. The number of aromatic nitrogens is 3. The summed E-state index contributed by atoms with van der Waals surface area (Å²) in [5.41, 5.74) is 4.80. The van der Waals surface area contributed by atoms with Gasteiger partial charge in [0.15, 0.2) is 0 Å². The summed E-state index contributed by atoms with van der Waals surface area (Å²) in [4.78, 5) is 34.6. The van der Waals surface area contributed by atoms with Crippen LogP contribution in [0.2, 0.25) is 0 Å². The predicted molar refractivity (Wildman–Crippen MR) is 155 cm³/mol. The molecule has 0 aliphatic rings. The Balaban J connectivity index is 1.34. The van der Waals surface area contributed by atoms with Gasteiger partial charge in [-0.3, -0.25) is 10.1 Å². The van der Waals surface area contributed by atoms with Gasteiger partial charge in [-0.05, 0) is 60.7 Å². The number of carbonyl (C=O) groups is 1. The molecule has 0 radical (unpaired) electrons. The molecule has 0 aliphatic heterocycles. The van der Waals surface area contributed by atoms with Gasteiger partial charge in [0.2, 0.25) is 17.8 Å². The molecule has 3 aromatic carbocycles. The van der Waals surface area contributed by atoms with Crippen LogP contribution in [-0.2, 0) is 0 Å². The van der Waals surface area contributed by atoms with Crippen molar-refractivity contribution in [1.82, 2.24) is 15.0 Å². The van der Waals surface area contributed by atoms with Gasteiger partial charge in [-0.2, -0.15) is 20.1 Å². The topological polar surface area (TPSA) is 190 Å². The van der Waals surface area contributed by atoms with E-state index in [1.54, 1.807) is 55.6 Å². The van der Waals surface area contributed by atoms with E-state index in [0.29, 0.717) is 34.2 Å². The van der Waals surface area contributed by atoms with E-state index in [2.05, 4.69) is 36.1 Å². The molecule has 0 amide bonds. The number of carboxylic acid groups (broad SMARTS) is 1. The minimum atomic E-state index is -1.01. The Labute approximate surface area is 237 Å². The van der Waals surface area contributed by atoms with E-state index < -0.39 is 10.9 Å². The lowest BCUT2D eigenvalue weighted by molar-refractivity contribution is -0.384. The minimum Gasteiger partial charge on any atom is -0.497 e. The van der Waals surface area contributed by atoms with E-state index in [4.69, 9.17) is 14.3 Å². The molecular weight excluding hydrogens is 544 g/mol. The molecule has 5 aromatic rings. The summed E-state index contributed by atoms with van der Waals surface area (Å²) in [6, 6.07) is 22.7. The Bertz CT molecular complexity index is 1740. The molecule has 0 saturated heterocycles. The Morgan fingerprint density at radius 2 is 1.48 bits per heavy atom. The number of anilines is 5. The summed E-state index contributed by atoms with van der Waals surface area (Å²) in [5, 5.41) is 30.3. The van der Waals surface area contributed by atoms with Crippen LogP contribution in [0.15, 0.2) is 94.4 Å². The van der Waals surface area contributed by atoms with Gasteiger partial charge in [0.1, 0.15) is 17.3 Å². The first-order valence-electron chi connectivity index (χ1n) is 12.3. The average Bonchev–Trinajstić information content (AvgIpc) is 3.47. The molecule has 4 N–H and O–H groups in total. The van der Waals surface area contributed by atoms with Crippen LogP contribution >= 0.6 is 0 Å². The molecule has 14 nitrogen and oxygen atoms in total. The molecular formula is C28H22N8O6. The van der Waals surface area contributed by atoms with Crippen molar-refractivity contribution in [2.45, 2.75) is 0 Å². The van der Waals surface area contributed by atoms with Crippen LogP contribution in [0.25, 0.3) is 11.3 Å². The van der Waals surface area contributed by atoms with E-state index in [1.807, 2.05) is 0 Å². The Morgan fingerprint density at radius 3 is 2.05 bits per heavy atom. The minimum absolute atomic E-state index is 0.0480. The van der Waals surface area contributed by atoms with Crippen molar-refractivity contribution in [3.05, 3.63) is 106 Å². The van der Waals surface area contributed by atoms with E-state index in [1.165, 1.54) is 42.6 Å². The van der Waals surface area contributed by atoms with Crippen molar-refractivity contribution >= 4 is 47.1 Å². The first-order chi connectivity index (χ1) is 20.4. The number of hydrogen-bond acceptors (Lipinski definition) is 12. The van der Waals surface area contributed by atoms with Crippen LogP contribution in [0.3, 0.4) is 0 Å². The van der Waals surface area contributed by atoms with Gasteiger partial charge in [0, 0.05) is 29.1 Å². The SMILES string of the molecule is COc1ccc(Nc2nc(NN=Cc3ccc(-c4ccc(C(=O)O)cc4)o3)nc(Nc3ccc([N+](=O)[O-])cc3)n2)cc1. The lowest BCUT2D eigenvalue weighted by Gasteiger charge is -2.10. The van der Waals surface area contributed by atoms with Gasteiger partial charge in [-0.25, -0.2) is 10.2 Å². The fourth-order valence-corrected chi connectivity index (χ4v) is 3.64. The van der Waals surface area contributed by atoms with Crippen LogP contribution in [0.5, 0.6) is 5.75 Å². The third-order valence-electron chi connectivity index (χ3n) is 5.72. The highest BCUT2D eigenvalue weighted by Crippen LogP contribution is 2.24. The van der Waals surface area contributed by atoms with Crippen LogP contribution in [0.4, 0.5) is 34.9 Å². The fraction of sp³-hybridized carbons (Fsp3) is 0.0357. The maximum atomic E-state index is 11.1. The Morgan fingerprint density at radius 1 is 0.881 bits per heavy atom. The molecule has 0 atom stereocenters. The zero-order valence-electron chi connectivity index (χ0n) is 21.9. The number of nitro benzene ring substituents is 1. The number of furan rings is 1. The predicted octanol–water partition coefficient (Wildman–Crippen LogP) is 5.68. The number of nitro groups is 1. The van der Waals surface area contributed by atoms with Crippen molar-refractivity contribution in [3.63, 3.8) is 0 Å². The number of benzene rings is 3. The lowest BCUT2D eigenvalue weighted by Crippen LogP contribution is -2.07. The Kier molecular flexibility index (Phi) is 7.95. The van der Waals surface area contributed by atoms with Gasteiger partial charge < -0.3 is 24.9 Å². The summed E-state index contributed by atoms with van der Waals surface area (Å²) in [6.45, 7) is 0. The summed E-state index contributed by atoms with van der Waals surface area (Å²) < 4.78 is 11.0. The van der Waals surface area contributed by atoms with Crippen molar-refractivity contribution in [2.75, 3.05) is 23.2 Å². The first-order valence-corrected chi connectivity index (χ1v) is 12.3. The van der Waals surface area contributed by atoms with E-state index in [-0.39, 0.29) is 29.1 Å². The largest absolute Gasteiger partial charge is 0.497 e. The number of methoxy groups -OCH3 is 1. The summed E-state index contributed by atoms with van der Waals surface area (Å²) in [7, 11) is 1.57. The lowest BCUT2D eigenvalue weighted by atomic mass is 10.1. The molecule has 0 saturated carbocycles. The van der Waals surface area contributed by atoms with Crippen LogP contribution < -0.4 is 20.8 Å². The molecule has 0 fully saturated rings. The number of ether oxygens (including phenoxy) is 1. The summed E-state index contributed by atoms with van der Waals surface area (Å²) in [5.74, 6) is 1.08. The summed E-state index contributed by atoms with van der Waals surface area (Å²) in [6.07, 6.45) is 1.43. The van der Waals surface area contributed by atoms with Crippen LogP contribution in [-0.4, -0.2) is 44.3 Å². The average molecular weight is 567 g/mol. The van der Waals surface area contributed by atoms with Crippen molar-refractivity contribution < 1.29 is 24.0 Å². The standard InChI is InChI=1S/C28H22N8O6/c1-41-22-12-8-20(9-13-22)31-27-32-26(30-19-6-10-21(11-7-19)36(39)40)33-28(34-27)35-29-16-23-14-15-24(42-23)17-2-4-18(5-3-17)25(37)38/h2-16H,1H3,(H,37,38)(H3,30,31,32,33,34,35). The number of aromatic carboxylic acids is 1. The molecule has 210 valence electrons. The molecule has 14 heteroatoms. The van der Waals surface area contributed by atoms with Crippen LogP contribution in [0, 0.1) is 10.1 Å².